The number of aromatic hydroxyl groups is 1. The number of halogens is 1. The van der Waals surface area contributed by atoms with E-state index in [1.54, 1.807) is 6.07 Å². The summed E-state index contributed by atoms with van der Waals surface area (Å²) in [6.07, 6.45) is 1.43. The van der Waals surface area contributed by atoms with Crippen molar-refractivity contribution in [3.8, 4) is 22.8 Å². The maximum absolute atomic E-state index is 13.0. The normalized spacial score (nSPS) is 10.3. The minimum absolute atomic E-state index is 0.198. The Morgan fingerprint density at radius 3 is 2.87 bits per heavy atom. The predicted octanol–water partition coefficient (Wildman–Crippen LogP) is 2.19. The van der Waals surface area contributed by atoms with Crippen molar-refractivity contribution in [2.45, 2.75) is 0 Å². The first-order chi connectivity index (χ1) is 7.22. The fraction of sp³-hybridized carbons (Fsp3) is 0.100. The van der Waals surface area contributed by atoms with Gasteiger partial charge < -0.3 is 14.4 Å². The summed E-state index contributed by atoms with van der Waals surface area (Å²) >= 11 is 0. The van der Waals surface area contributed by atoms with Crippen molar-refractivity contribution in [3.05, 3.63) is 30.2 Å². The average molecular weight is 209 g/mol. The molecule has 78 valence electrons. The number of hydrogen-bond donors (Lipinski definition) is 1. The quantitative estimate of drug-likeness (QED) is 0.823. The topological polar surface area (TPSA) is 55.5 Å². The van der Waals surface area contributed by atoms with Crippen LogP contribution in [0.3, 0.4) is 0 Å². The van der Waals surface area contributed by atoms with E-state index < -0.39 is 5.82 Å². The summed E-state index contributed by atoms with van der Waals surface area (Å²) in [6.45, 7) is 0. The van der Waals surface area contributed by atoms with Gasteiger partial charge in [0.2, 0.25) is 0 Å². The number of nitrogens with zero attached hydrogens (tertiary/aromatic N) is 1. The van der Waals surface area contributed by atoms with Gasteiger partial charge in [-0.3, -0.25) is 0 Å². The molecule has 1 aromatic heterocycles. The summed E-state index contributed by atoms with van der Waals surface area (Å²) in [5.41, 5.74) is 0.288. The van der Waals surface area contributed by atoms with Crippen molar-refractivity contribution in [2.24, 2.45) is 0 Å². The summed E-state index contributed by atoms with van der Waals surface area (Å²) in [4.78, 5) is 0. The van der Waals surface area contributed by atoms with Crippen LogP contribution >= 0.6 is 0 Å². The fourth-order valence-corrected chi connectivity index (χ4v) is 1.32. The Labute approximate surface area is 84.9 Å². The van der Waals surface area contributed by atoms with Crippen molar-refractivity contribution in [1.82, 2.24) is 5.16 Å². The molecule has 1 heterocycles. The van der Waals surface area contributed by atoms with E-state index in [0.29, 0.717) is 5.76 Å². The Balaban J connectivity index is 2.64. The van der Waals surface area contributed by atoms with Crippen LogP contribution < -0.4 is 4.74 Å². The first kappa shape index (κ1) is 9.51. The molecule has 0 amide bonds. The molecule has 0 fully saturated rings. The zero-order chi connectivity index (χ0) is 10.8. The molecule has 0 spiro atoms. The lowest BCUT2D eigenvalue weighted by Gasteiger charge is -2.07. The Morgan fingerprint density at radius 1 is 1.47 bits per heavy atom. The number of aromatic nitrogens is 1. The van der Waals surface area contributed by atoms with Gasteiger partial charge in [0.1, 0.15) is 22.9 Å². The Morgan fingerprint density at radius 2 is 2.27 bits per heavy atom. The molecule has 15 heavy (non-hydrogen) atoms. The minimum Gasteiger partial charge on any atom is -0.507 e. The number of methoxy groups -OCH3 is 1. The van der Waals surface area contributed by atoms with Gasteiger partial charge in [-0.25, -0.2) is 4.39 Å². The zero-order valence-corrected chi connectivity index (χ0v) is 7.90. The number of phenolic OH excluding ortho intramolecular Hbond substituents is 1. The number of rotatable bonds is 2. The molecule has 0 saturated carbocycles. The molecule has 0 aliphatic heterocycles. The van der Waals surface area contributed by atoms with Gasteiger partial charge in [0.05, 0.1) is 13.3 Å². The third-order valence-corrected chi connectivity index (χ3v) is 1.95. The van der Waals surface area contributed by atoms with Crippen LogP contribution in [0.5, 0.6) is 11.5 Å². The van der Waals surface area contributed by atoms with Crippen LogP contribution in [0.1, 0.15) is 0 Å². The Bertz CT molecular complexity index is 468. The fourth-order valence-electron chi connectivity index (χ4n) is 1.32. The van der Waals surface area contributed by atoms with Gasteiger partial charge in [-0.05, 0) is 0 Å². The van der Waals surface area contributed by atoms with E-state index >= 15 is 0 Å². The van der Waals surface area contributed by atoms with Crippen LogP contribution in [0.15, 0.2) is 28.9 Å². The first-order valence-corrected chi connectivity index (χ1v) is 4.20. The van der Waals surface area contributed by atoms with Crippen LogP contribution in [0.4, 0.5) is 4.39 Å². The third-order valence-electron chi connectivity index (χ3n) is 1.95. The number of phenols is 1. The van der Waals surface area contributed by atoms with Gasteiger partial charge in [0.25, 0.3) is 0 Å². The Kier molecular flexibility index (Phi) is 2.29. The monoisotopic (exact) mass is 209 g/mol. The molecule has 4 nitrogen and oxygen atoms in total. The second kappa shape index (κ2) is 3.61. The van der Waals surface area contributed by atoms with E-state index in [-0.39, 0.29) is 17.1 Å². The van der Waals surface area contributed by atoms with Crippen LogP contribution in [-0.4, -0.2) is 17.4 Å². The second-order valence-electron chi connectivity index (χ2n) is 2.88. The summed E-state index contributed by atoms with van der Waals surface area (Å²) in [7, 11) is 1.38. The van der Waals surface area contributed by atoms with E-state index in [0.717, 1.165) is 12.1 Å². The molecule has 1 N–H and O–H groups in total. The van der Waals surface area contributed by atoms with Gasteiger partial charge in [-0.2, -0.15) is 0 Å². The Hall–Kier alpha value is -2.04. The van der Waals surface area contributed by atoms with Gasteiger partial charge in [-0.1, -0.05) is 5.16 Å². The molecular formula is C10H8FNO3. The summed E-state index contributed by atoms with van der Waals surface area (Å²) < 4.78 is 22.8. The summed E-state index contributed by atoms with van der Waals surface area (Å²) in [5, 5.41) is 13.1. The highest BCUT2D eigenvalue weighted by Crippen LogP contribution is 2.38. The van der Waals surface area contributed by atoms with Gasteiger partial charge >= 0.3 is 0 Å². The number of hydrogen-bond acceptors (Lipinski definition) is 4. The lowest BCUT2D eigenvalue weighted by Crippen LogP contribution is -1.89. The molecule has 0 atom stereocenters. The van der Waals surface area contributed by atoms with Crippen LogP contribution in [0.2, 0.25) is 0 Å². The first-order valence-electron chi connectivity index (χ1n) is 4.20. The SMILES string of the molecule is COc1cc(F)cc(O)c1-c1ccno1. The van der Waals surface area contributed by atoms with Crippen molar-refractivity contribution >= 4 is 0 Å². The predicted molar refractivity (Wildman–Crippen MR) is 50.1 cm³/mol. The third kappa shape index (κ3) is 1.63. The molecule has 0 aliphatic rings. The highest BCUT2D eigenvalue weighted by Gasteiger charge is 2.16. The molecule has 0 radical (unpaired) electrons. The largest absolute Gasteiger partial charge is 0.507 e. The molecule has 1 aromatic carbocycles. The lowest BCUT2D eigenvalue weighted by molar-refractivity contribution is 0.394. The maximum Gasteiger partial charge on any atom is 0.174 e. The lowest BCUT2D eigenvalue weighted by atomic mass is 10.1. The maximum atomic E-state index is 13.0. The van der Waals surface area contributed by atoms with Crippen LogP contribution in [0, 0.1) is 5.82 Å². The smallest absolute Gasteiger partial charge is 0.174 e. The van der Waals surface area contributed by atoms with Crippen LogP contribution in [-0.2, 0) is 0 Å². The van der Waals surface area contributed by atoms with E-state index in [1.165, 1.54) is 13.3 Å². The van der Waals surface area contributed by atoms with E-state index in [2.05, 4.69) is 5.16 Å². The van der Waals surface area contributed by atoms with E-state index in [1.807, 2.05) is 0 Å². The zero-order valence-electron chi connectivity index (χ0n) is 7.90. The van der Waals surface area contributed by atoms with Gasteiger partial charge in [-0.15, -0.1) is 0 Å². The molecule has 0 saturated heterocycles. The summed E-state index contributed by atoms with van der Waals surface area (Å²) in [5.74, 6) is -0.301. The molecule has 2 aromatic rings. The highest BCUT2D eigenvalue weighted by atomic mass is 19.1. The summed E-state index contributed by atoms with van der Waals surface area (Å²) in [6, 6.07) is 3.70. The van der Waals surface area contributed by atoms with Gasteiger partial charge in [0, 0.05) is 18.2 Å². The number of benzene rings is 1. The number of ether oxygens (including phenoxy) is 1. The second-order valence-corrected chi connectivity index (χ2v) is 2.88. The van der Waals surface area contributed by atoms with Gasteiger partial charge in [0.15, 0.2) is 5.76 Å². The molecule has 0 aliphatic carbocycles. The molecule has 0 unspecified atom stereocenters. The van der Waals surface area contributed by atoms with Crippen molar-refractivity contribution in [1.29, 1.82) is 0 Å². The molecular weight excluding hydrogens is 201 g/mol. The average Bonchev–Trinajstić information content (AvgIpc) is 2.69. The van der Waals surface area contributed by atoms with E-state index in [9.17, 15) is 9.50 Å². The molecule has 0 bridgehead atoms. The molecule has 2 rings (SSSR count). The van der Waals surface area contributed by atoms with Crippen LogP contribution in [0.25, 0.3) is 11.3 Å². The standard InChI is InChI=1S/C10H8FNO3/c1-14-9-5-6(11)4-7(13)10(9)8-2-3-12-15-8/h2-5,13H,1H3. The van der Waals surface area contributed by atoms with Crippen molar-refractivity contribution in [2.75, 3.05) is 7.11 Å². The van der Waals surface area contributed by atoms with E-state index in [4.69, 9.17) is 9.26 Å². The highest BCUT2D eigenvalue weighted by molar-refractivity contribution is 5.72. The minimum atomic E-state index is -0.576. The molecule has 5 heteroatoms. The van der Waals surface area contributed by atoms with Crippen molar-refractivity contribution < 1.29 is 18.8 Å². The van der Waals surface area contributed by atoms with Crippen molar-refractivity contribution in [3.63, 3.8) is 0 Å².